The van der Waals surface area contributed by atoms with E-state index in [-0.39, 0.29) is 0 Å². The molecule has 4 aromatic carbocycles. The molecule has 0 aliphatic carbocycles. The lowest BCUT2D eigenvalue weighted by atomic mass is 9.99. The van der Waals surface area contributed by atoms with Gasteiger partial charge in [0.25, 0.3) is 0 Å². The summed E-state index contributed by atoms with van der Waals surface area (Å²) in [5.41, 5.74) is 2.53. The molecule has 8 heteroatoms. The Morgan fingerprint density at radius 2 is 1.38 bits per heavy atom. The molecule has 214 valence electrons. The summed E-state index contributed by atoms with van der Waals surface area (Å²) in [6.45, 7) is 0.329. The number of nitrogens with zero attached hydrogens (tertiary/aromatic N) is 1. The molecule has 1 aromatic heterocycles. The number of ether oxygens (including phenoxy) is 6. The van der Waals surface area contributed by atoms with Crippen LogP contribution in [0, 0.1) is 0 Å². The van der Waals surface area contributed by atoms with Crippen molar-refractivity contribution in [2.75, 3.05) is 28.4 Å². The average Bonchev–Trinajstić information content (AvgIpc) is 3.05. The van der Waals surface area contributed by atoms with Crippen LogP contribution in [0.4, 0.5) is 0 Å². The van der Waals surface area contributed by atoms with Gasteiger partial charge in [0.2, 0.25) is 5.75 Å². The van der Waals surface area contributed by atoms with Gasteiger partial charge in [0.15, 0.2) is 29.1 Å². The Balaban J connectivity index is 1.65. The van der Waals surface area contributed by atoms with Crippen molar-refractivity contribution in [2.24, 2.45) is 0 Å². The van der Waals surface area contributed by atoms with Crippen molar-refractivity contribution in [2.45, 2.75) is 12.7 Å². The first-order valence-electron chi connectivity index (χ1n) is 13.3. The molecule has 0 bridgehead atoms. The first kappa shape index (κ1) is 28.3. The Labute approximate surface area is 244 Å². The lowest BCUT2D eigenvalue weighted by Gasteiger charge is -2.22. The Morgan fingerprint density at radius 1 is 0.690 bits per heavy atom. The van der Waals surface area contributed by atoms with E-state index < -0.39 is 12.1 Å². The summed E-state index contributed by atoms with van der Waals surface area (Å²) >= 11 is 0. The van der Waals surface area contributed by atoms with Crippen LogP contribution in [-0.2, 0) is 11.3 Å². The molecule has 0 fully saturated rings. The van der Waals surface area contributed by atoms with Gasteiger partial charge in [0.05, 0.1) is 39.7 Å². The van der Waals surface area contributed by atoms with Crippen LogP contribution < -0.4 is 23.7 Å². The number of aromatic nitrogens is 1. The fourth-order valence-corrected chi connectivity index (χ4v) is 4.76. The van der Waals surface area contributed by atoms with Crippen LogP contribution in [0.2, 0.25) is 0 Å². The van der Waals surface area contributed by atoms with E-state index >= 15 is 0 Å². The molecule has 1 atom stereocenters. The molecule has 0 aliphatic rings. The molecule has 0 saturated carbocycles. The SMILES string of the molecule is COc1ccc([C@H](OC(=O)c2ccccc2)c2nccc3c(OC)c(OC)c(OC)cc23)cc1OCc1ccccc1. The van der Waals surface area contributed by atoms with Gasteiger partial charge in [0.1, 0.15) is 6.61 Å². The Morgan fingerprint density at radius 3 is 2.05 bits per heavy atom. The number of hydrogen-bond donors (Lipinski definition) is 0. The normalized spacial score (nSPS) is 11.4. The van der Waals surface area contributed by atoms with Crippen LogP contribution in [0.3, 0.4) is 0 Å². The molecule has 8 nitrogen and oxygen atoms in total. The van der Waals surface area contributed by atoms with Crippen molar-refractivity contribution in [3.8, 4) is 28.7 Å². The van der Waals surface area contributed by atoms with Crippen molar-refractivity contribution in [3.05, 3.63) is 120 Å². The fourth-order valence-electron chi connectivity index (χ4n) is 4.76. The highest BCUT2D eigenvalue weighted by molar-refractivity contribution is 5.95. The molecular formula is C34H31NO7. The second-order valence-electron chi connectivity index (χ2n) is 9.27. The predicted octanol–water partition coefficient (Wildman–Crippen LogP) is 6.79. The van der Waals surface area contributed by atoms with Crippen molar-refractivity contribution in [1.82, 2.24) is 4.98 Å². The number of esters is 1. The molecule has 0 aliphatic heterocycles. The van der Waals surface area contributed by atoms with Gasteiger partial charge in [-0.05, 0) is 42.0 Å². The third-order valence-corrected chi connectivity index (χ3v) is 6.81. The summed E-state index contributed by atoms with van der Waals surface area (Å²) in [7, 11) is 6.23. The molecule has 0 unspecified atom stereocenters. The zero-order valence-corrected chi connectivity index (χ0v) is 23.8. The second-order valence-corrected chi connectivity index (χ2v) is 9.27. The minimum absolute atomic E-state index is 0.329. The van der Waals surface area contributed by atoms with Gasteiger partial charge in [-0.25, -0.2) is 4.79 Å². The van der Waals surface area contributed by atoms with Crippen molar-refractivity contribution in [1.29, 1.82) is 0 Å². The number of carbonyl (C=O) groups excluding carboxylic acids is 1. The van der Waals surface area contributed by atoms with Gasteiger partial charge in [-0.2, -0.15) is 0 Å². The number of hydrogen-bond acceptors (Lipinski definition) is 8. The molecular weight excluding hydrogens is 534 g/mol. The van der Waals surface area contributed by atoms with E-state index in [1.54, 1.807) is 71.0 Å². The predicted molar refractivity (Wildman–Crippen MR) is 159 cm³/mol. The largest absolute Gasteiger partial charge is 0.493 e. The summed E-state index contributed by atoms with van der Waals surface area (Å²) in [6.07, 6.45) is 0.723. The number of carbonyl (C=O) groups is 1. The highest BCUT2D eigenvalue weighted by Crippen LogP contribution is 2.46. The van der Waals surface area contributed by atoms with Crippen LogP contribution >= 0.6 is 0 Å². The standard InChI is InChI=1S/C34H31NO7/c1-37-27-16-15-24(19-28(27)41-21-22-11-7-5-8-12-22)31(42-34(36)23-13-9-6-10-14-23)30-26-20-29(38-2)33(40-4)32(39-3)25(26)17-18-35-30/h5-20,31H,21H2,1-4H3/t31-/m0/s1. The fraction of sp³-hybridized carbons (Fsp3) is 0.176. The zero-order chi connectivity index (χ0) is 29.5. The van der Waals surface area contributed by atoms with E-state index in [9.17, 15) is 4.79 Å². The molecule has 1 heterocycles. The Hall–Kier alpha value is -5.24. The molecule has 42 heavy (non-hydrogen) atoms. The van der Waals surface area contributed by atoms with Gasteiger partial charge in [-0.15, -0.1) is 0 Å². The summed E-state index contributed by atoms with van der Waals surface area (Å²) in [5, 5.41) is 1.38. The summed E-state index contributed by atoms with van der Waals surface area (Å²) < 4.78 is 34.9. The van der Waals surface area contributed by atoms with E-state index in [0.717, 1.165) is 10.9 Å². The lowest BCUT2D eigenvalue weighted by Crippen LogP contribution is -2.15. The maximum atomic E-state index is 13.4. The van der Waals surface area contributed by atoms with E-state index in [4.69, 9.17) is 33.4 Å². The van der Waals surface area contributed by atoms with Crippen LogP contribution in [-0.4, -0.2) is 39.4 Å². The summed E-state index contributed by atoms with van der Waals surface area (Å²) in [5.74, 6) is 1.91. The van der Waals surface area contributed by atoms with E-state index in [1.165, 1.54) is 0 Å². The minimum atomic E-state index is -0.922. The number of rotatable bonds is 11. The summed E-state index contributed by atoms with van der Waals surface area (Å²) in [4.78, 5) is 18.1. The van der Waals surface area contributed by atoms with Crippen LogP contribution in [0.1, 0.15) is 33.3 Å². The van der Waals surface area contributed by atoms with Crippen LogP contribution in [0.5, 0.6) is 28.7 Å². The number of methoxy groups -OCH3 is 4. The van der Waals surface area contributed by atoms with Crippen molar-refractivity contribution < 1.29 is 33.2 Å². The quantitative estimate of drug-likeness (QED) is 0.162. The highest BCUT2D eigenvalue weighted by atomic mass is 16.5. The number of fused-ring (bicyclic) bond motifs is 1. The molecule has 0 amide bonds. The topological polar surface area (TPSA) is 85.3 Å². The molecule has 0 saturated heterocycles. The third kappa shape index (κ3) is 5.78. The van der Waals surface area contributed by atoms with Crippen molar-refractivity contribution >= 4 is 16.7 Å². The smallest absolute Gasteiger partial charge is 0.339 e. The lowest BCUT2D eigenvalue weighted by molar-refractivity contribution is 0.0373. The first-order valence-corrected chi connectivity index (χ1v) is 13.3. The van der Waals surface area contributed by atoms with Gasteiger partial charge in [-0.3, -0.25) is 4.98 Å². The molecule has 0 N–H and O–H groups in total. The van der Waals surface area contributed by atoms with E-state index in [1.807, 2.05) is 54.6 Å². The maximum absolute atomic E-state index is 13.4. The van der Waals surface area contributed by atoms with Gasteiger partial charge in [-0.1, -0.05) is 54.6 Å². The molecule has 0 radical (unpaired) electrons. The van der Waals surface area contributed by atoms with Crippen molar-refractivity contribution in [3.63, 3.8) is 0 Å². The van der Waals surface area contributed by atoms with E-state index in [0.29, 0.717) is 57.6 Å². The number of benzene rings is 4. The summed E-state index contributed by atoms with van der Waals surface area (Å²) in [6, 6.07) is 27.7. The number of pyridine rings is 1. The second kappa shape index (κ2) is 13.0. The monoisotopic (exact) mass is 565 g/mol. The van der Waals surface area contributed by atoms with Gasteiger partial charge < -0.3 is 28.4 Å². The first-order chi connectivity index (χ1) is 20.6. The Bertz CT molecular complexity index is 1670. The highest BCUT2D eigenvalue weighted by Gasteiger charge is 2.27. The molecule has 0 spiro atoms. The van der Waals surface area contributed by atoms with Crippen LogP contribution in [0.15, 0.2) is 97.2 Å². The van der Waals surface area contributed by atoms with E-state index in [2.05, 4.69) is 0 Å². The van der Waals surface area contributed by atoms with Gasteiger partial charge in [0, 0.05) is 22.5 Å². The minimum Gasteiger partial charge on any atom is -0.493 e. The van der Waals surface area contributed by atoms with Gasteiger partial charge >= 0.3 is 5.97 Å². The molecule has 5 rings (SSSR count). The average molecular weight is 566 g/mol. The van der Waals surface area contributed by atoms with Crippen LogP contribution in [0.25, 0.3) is 10.8 Å². The third-order valence-electron chi connectivity index (χ3n) is 6.81. The molecule has 5 aromatic rings. The zero-order valence-electron chi connectivity index (χ0n) is 23.8. The Kier molecular flexibility index (Phi) is 8.72. The maximum Gasteiger partial charge on any atom is 0.339 e.